The highest BCUT2D eigenvalue weighted by molar-refractivity contribution is 5.84. The molecule has 76 valence electrons. The number of amides is 1. The molecule has 4 N–H and O–H groups in total. The maximum absolute atomic E-state index is 10.9. The molecule has 0 spiro atoms. The van der Waals surface area contributed by atoms with Crippen LogP contribution in [0.3, 0.4) is 0 Å². The number of carbonyl (C=O) groups excluding carboxylic acids is 1. The molecule has 0 aromatic carbocycles. The fourth-order valence-electron chi connectivity index (χ4n) is 0.792. The smallest absolute Gasteiger partial charge is 0.326 e. The van der Waals surface area contributed by atoms with E-state index in [1.165, 1.54) is 0 Å². The van der Waals surface area contributed by atoms with Crippen molar-refractivity contribution < 1.29 is 19.8 Å². The number of aliphatic hydroxyl groups is 1. The topological polar surface area (TPSA) is 98.7 Å². The summed E-state index contributed by atoms with van der Waals surface area (Å²) in [6.07, 6.45) is 0.0186. The van der Waals surface area contributed by atoms with Gasteiger partial charge in [-0.1, -0.05) is 0 Å². The second kappa shape index (κ2) is 6.38. The zero-order valence-electron chi connectivity index (χ0n) is 7.41. The van der Waals surface area contributed by atoms with Gasteiger partial charge in [-0.25, -0.2) is 4.79 Å². The van der Waals surface area contributed by atoms with E-state index in [0.717, 1.165) is 0 Å². The molecule has 0 unspecified atom stereocenters. The summed E-state index contributed by atoms with van der Waals surface area (Å²) in [5, 5.41) is 21.9. The Bertz CT molecular complexity index is 183. The van der Waals surface area contributed by atoms with Gasteiger partial charge in [0.25, 0.3) is 0 Å². The lowest BCUT2D eigenvalue weighted by Crippen LogP contribution is -2.44. The van der Waals surface area contributed by atoms with Crippen LogP contribution >= 0.6 is 0 Å². The lowest BCUT2D eigenvalue weighted by atomic mass is 10.2. The largest absolute Gasteiger partial charge is 0.480 e. The lowest BCUT2D eigenvalue weighted by Gasteiger charge is -2.12. The predicted octanol–water partition coefficient (Wildman–Crippen LogP) is -1.84. The van der Waals surface area contributed by atoms with Crippen molar-refractivity contribution in [2.45, 2.75) is 12.5 Å². The molecule has 0 saturated carbocycles. The molecular formula is C7H14N2O4. The number of carboxylic acids is 1. The van der Waals surface area contributed by atoms with Gasteiger partial charge in [0, 0.05) is 13.0 Å². The van der Waals surface area contributed by atoms with Crippen molar-refractivity contribution in [1.82, 2.24) is 10.6 Å². The summed E-state index contributed by atoms with van der Waals surface area (Å²) in [6, 6.07) is -1.01. The van der Waals surface area contributed by atoms with Crippen LogP contribution < -0.4 is 10.6 Å². The fourth-order valence-corrected chi connectivity index (χ4v) is 0.792. The molecule has 0 aliphatic heterocycles. The highest BCUT2D eigenvalue weighted by Crippen LogP contribution is 1.90. The number of nitrogens with one attached hydrogen (secondary N) is 2. The van der Waals surface area contributed by atoms with Crippen molar-refractivity contribution in [1.29, 1.82) is 0 Å². The van der Waals surface area contributed by atoms with Crippen LogP contribution in [0.5, 0.6) is 0 Å². The van der Waals surface area contributed by atoms with Gasteiger partial charge in [-0.15, -0.1) is 0 Å². The molecule has 13 heavy (non-hydrogen) atoms. The Morgan fingerprint density at radius 3 is 2.46 bits per heavy atom. The molecule has 0 aromatic rings. The van der Waals surface area contributed by atoms with Gasteiger partial charge in [0.1, 0.15) is 6.04 Å². The van der Waals surface area contributed by atoms with E-state index in [4.69, 9.17) is 10.2 Å². The van der Waals surface area contributed by atoms with Crippen molar-refractivity contribution in [3.63, 3.8) is 0 Å². The van der Waals surface area contributed by atoms with Crippen LogP contribution in [0.25, 0.3) is 0 Å². The van der Waals surface area contributed by atoms with Crippen LogP contribution in [-0.2, 0) is 9.59 Å². The fraction of sp³-hybridized carbons (Fsp3) is 0.714. The first-order valence-corrected chi connectivity index (χ1v) is 3.89. The molecular weight excluding hydrogens is 176 g/mol. The first kappa shape index (κ1) is 11.9. The van der Waals surface area contributed by atoms with E-state index in [2.05, 4.69) is 10.6 Å². The second-order valence-electron chi connectivity index (χ2n) is 2.50. The Balaban J connectivity index is 3.94. The molecule has 1 amide bonds. The number of carbonyl (C=O) groups is 2. The quantitative estimate of drug-likeness (QED) is 0.394. The monoisotopic (exact) mass is 190 g/mol. The summed E-state index contributed by atoms with van der Waals surface area (Å²) in [4.78, 5) is 21.4. The van der Waals surface area contributed by atoms with Crippen molar-refractivity contribution in [2.24, 2.45) is 0 Å². The number of rotatable bonds is 6. The number of likely N-dealkylation sites (N-methyl/N-ethyl adjacent to an activating group) is 1. The van der Waals surface area contributed by atoms with Crippen molar-refractivity contribution in [3.8, 4) is 0 Å². The Labute approximate surface area is 75.9 Å². The third kappa shape index (κ3) is 5.15. The standard InChI is InChI=1S/C7H14N2O4/c1-8-4-6(11)9-5(2-3-10)7(12)13/h5,8,10H,2-4H2,1H3,(H,9,11)(H,12,13)/t5-/m0/s1. The minimum atomic E-state index is -1.14. The minimum absolute atomic E-state index is 0.0186. The molecule has 1 atom stereocenters. The maximum atomic E-state index is 10.9. The summed E-state index contributed by atoms with van der Waals surface area (Å²) in [5.74, 6) is -1.54. The molecule has 0 radical (unpaired) electrons. The molecule has 0 heterocycles. The van der Waals surface area contributed by atoms with Crippen LogP contribution in [0.2, 0.25) is 0 Å². The van der Waals surface area contributed by atoms with Crippen molar-refractivity contribution >= 4 is 11.9 Å². The van der Waals surface area contributed by atoms with Crippen LogP contribution in [0, 0.1) is 0 Å². The van der Waals surface area contributed by atoms with E-state index in [-0.39, 0.29) is 19.6 Å². The van der Waals surface area contributed by atoms with Crippen LogP contribution in [0.4, 0.5) is 0 Å². The normalized spacial score (nSPS) is 12.2. The highest BCUT2D eigenvalue weighted by Gasteiger charge is 2.18. The molecule has 0 fully saturated rings. The van der Waals surface area contributed by atoms with Crippen LogP contribution in [0.1, 0.15) is 6.42 Å². The van der Waals surface area contributed by atoms with Crippen molar-refractivity contribution in [2.75, 3.05) is 20.2 Å². The number of hydrogen-bond acceptors (Lipinski definition) is 4. The first-order valence-electron chi connectivity index (χ1n) is 3.89. The van der Waals surface area contributed by atoms with E-state index in [9.17, 15) is 9.59 Å². The Kier molecular flexibility index (Phi) is 5.82. The number of hydrogen-bond donors (Lipinski definition) is 4. The first-order chi connectivity index (χ1) is 6.11. The van der Waals surface area contributed by atoms with E-state index < -0.39 is 17.9 Å². The predicted molar refractivity (Wildman–Crippen MR) is 45.2 cm³/mol. The summed E-state index contributed by atoms with van der Waals surface area (Å²) < 4.78 is 0. The summed E-state index contributed by atoms with van der Waals surface area (Å²) in [6.45, 7) is -0.202. The zero-order valence-corrected chi connectivity index (χ0v) is 7.41. The Morgan fingerprint density at radius 2 is 2.08 bits per heavy atom. The third-order valence-electron chi connectivity index (χ3n) is 1.39. The molecule has 0 aliphatic rings. The van der Waals surface area contributed by atoms with Gasteiger partial charge in [0.2, 0.25) is 5.91 Å². The molecule has 0 bridgehead atoms. The van der Waals surface area contributed by atoms with E-state index in [1.54, 1.807) is 7.05 Å². The molecule has 0 rings (SSSR count). The lowest BCUT2D eigenvalue weighted by molar-refractivity contribution is -0.142. The Morgan fingerprint density at radius 1 is 1.46 bits per heavy atom. The average molecular weight is 190 g/mol. The molecule has 6 heteroatoms. The SMILES string of the molecule is CNCC(=O)N[C@@H](CCO)C(=O)O. The van der Waals surface area contributed by atoms with Crippen LogP contribution in [-0.4, -0.2) is 48.3 Å². The Hall–Kier alpha value is -1.14. The summed E-state index contributed by atoms with van der Waals surface area (Å²) >= 11 is 0. The molecule has 0 aliphatic carbocycles. The number of carboxylic acid groups (broad SMARTS) is 1. The summed E-state index contributed by atoms with van der Waals surface area (Å²) in [7, 11) is 1.58. The summed E-state index contributed by atoms with van der Waals surface area (Å²) in [5.41, 5.74) is 0. The van der Waals surface area contributed by atoms with Crippen molar-refractivity contribution in [3.05, 3.63) is 0 Å². The molecule has 6 nitrogen and oxygen atoms in total. The van der Waals surface area contributed by atoms with Gasteiger partial charge >= 0.3 is 5.97 Å². The van der Waals surface area contributed by atoms with Gasteiger partial charge < -0.3 is 20.8 Å². The van der Waals surface area contributed by atoms with Gasteiger partial charge in [-0.2, -0.15) is 0 Å². The zero-order chi connectivity index (χ0) is 10.3. The molecule has 0 aromatic heterocycles. The van der Waals surface area contributed by atoms with E-state index in [1.807, 2.05) is 0 Å². The van der Waals surface area contributed by atoms with Gasteiger partial charge in [-0.3, -0.25) is 4.79 Å². The van der Waals surface area contributed by atoms with Crippen LogP contribution in [0.15, 0.2) is 0 Å². The molecule has 0 saturated heterocycles. The second-order valence-corrected chi connectivity index (χ2v) is 2.50. The average Bonchev–Trinajstić information content (AvgIpc) is 2.04. The third-order valence-corrected chi connectivity index (χ3v) is 1.39. The van der Waals surface area contributed by atoms with Gasteiger partial charge in [0.05, 0.1) is 6.54 Å². The van der Waals surface area contributed by atoms with Gasteiger partial charge in [0.15, 0.2) is 0 Å². The van der Waals surface area contributed by atoms with E-state index >= 15 is 0 Å². The van der Waals surface area contributed by atoms with Gasteiger partial charge in [-0.05, 0) is 7.05 Å². The number of aliphatic carboxylic acids is 1. The van der Waals surface area contributed by atoms with E-state index in [0.29, 0.717) is 0 Å². The minimum Gasteiger partial charge on any atom is -0.480 e. The highest BCUT2D eigenvalue weighted by atomic mass is 16.4. The number of aliphatic hydroxyl groups excluding tert-OH is 1. The maximum Gasteiger partial charge on any atom is 0.326 e.